The summed E-state index contributed by atoms with van der Waals surface area (Å²) in [6, 6.07) is 8.99. The zero-order chi connectivity index (χ0) is 14.1. The van der Waals surface area contributed by atoms with E-state index >= 15 is 0 Å². The Kier molecular flexibility index (Phi) is 3.28. The molecule has 2 heterocycles. The van der Waals surface area contributed by atoms with Gasteiger partial charge in [-0.25, -0.2) is 0 Å². The summed E-state index contributed by atoms with van der Waals surface area (Å²) in [5.41, 5.74) is 0.897. The molecule has 0 aromatic heterocycles. The maximum atomic E-state index is 12.3. The average Bonchev–Trinajstić information content (AvgIpc) is 2.91. The first-order valence-electron chi connectivity index (χ1n) is 6.60. The lowest BCUT2D eigenvalue weighted by Gasteiger charge is -2.37. The molecular formula is C15H16N2O3. The number of carbonyl (C=O) groups excluding carboxylic acids is 2. The van der Waals surface area contributed by atoms with Gasteiger partial charge < -0.3 is 9.64 Å². The van der Waals surface area contributed by atoms with Gasteiger partial charge in [-0.2, -0.15) is 0 Å². The minimum Gasteiger partial charge on any atom is -0.351 e. The van der Waals surface area contributed by atoms with Crippen LogP contribution in [-0.2, 0) is 14.3 Å². The summed E-state index contributed by atoms with van der Waals surface area (Å²) in [6.07, 6.45) is 1.18. The Morgan fingerprint density at radius 1 is 1.30 bits per heavy atom. The second kappa shape index (κ2) is 5.09. The van der Waals surface area contributed by atoms with Gasteiger partial charge in [0.15, 0.2) is 6.23 Å². The van der Waals surface area contributed by atoms with E-state index in [2.05, 4.69) is 6.58 Å². The number of ether oxygens (including phenoxy) is 1. The van der Waals surface area contributed by atoms with Crippen molar-refractivity contribution in [1.29, 1.82) is 0 Å². The third-order valence-corrected chi connectivity index (χ3v) is 3.65. The fraction of sp³-hybridized carbons (Fsp3) is 0.333. The predicted molar refractivity (Wildman–Crippen MR) is 72.5 cm³/mol. The van der Waals surface area contributed by atoms with Crippen molar-refractivity contribution >= 4 is 11.8 Å². The molecule has 5 nitrogen and oxygen atoms in total. The van der Waals surface area contributed by atoms with Crippen molar-refractivity contribution in [3.63, 3.8) is 0 Å². The topological polar surface area (TPSA) is 49.9 Å². The summed E-state index contributed by atoms with van der Waals surface area (Å²) in [7, 11) is 0. The third kappa shape index (κ3) is 2.00. The van der Waals surface area contributed by atoms with Gasteiger partial charge in [-0.15, -0.1) is 6.58 Å². The molecule has 5 heteroatoms. The summed E-state index contributed by atoms with van der Waals surface area (Å²) >= 11 is 0. The van der Waals surface area contributed by atoms with Gasteiger partial charge in [-0.05, 0) is 0 Å². The third-order valence-electron chi connectivity index (χ3n) is 3.65. The number of benzene rings is 1. The van der Waals surface area contributed by atoms with Crippen LogP contribution in [0.25, 0.3) is 0 Å². The van der Waals surface area contributed by atoms with Gasteiger partial charge in [0, 0.05) is 12.1 Å². The van der Waals surface area contributed by atoms with Gasteiger partial charge >= 0.3 is 0 Å². The molecule has 0 spiro atoms. The van der Waals surface area contributed by atoms with Crippen molar-refractivity contribution in [3.05, 3.63) is 48.6 Å². The molecule has 2 aliphatic heterocycles. The lowest BCUT2D eigenvalue weighted by atomic mass is 10.1. The van der Waals surface area contributed by atoms with E-state index in [9.17, 15) is 9.59 Å². The molecular weight excluding hydrogens is 256 g/mol. The van der Waals surface area contributed by atoms with Gasteiger partial charge in [-0.1, -0.05) is 36.4 Å². The minimum atomic E-state index is -0.513. The van der Waals surface area contributed by atoms with E-state index in [4.69, 9.17) is 4.74 Å². The molecule has 3 rings (SSSR count). The van der Waals surface area contributed by atoms with Crippen molar-refractivity contribution in [2.75, 3.05) is 19.7 Å². The van der Waals surface area contributed by atoms with Gasteiger partial charge in [0.2, 0.25) is 11.8 Å². The van der Waals surface area contributed by atoms with Crippen molar-refractivity contribution in [3.8, 4) is 0 Å². The Bertz CT molecular complexity index is 543. The number of amides is 2. The number of fused-ring (bicyclic) bond motifs is 1. The Morgan fingerprint density at radius 3 is 2.75 bits per heavy atom. The summed E-state index contributed by atoms with van der Waals surface area (Å²) in [5, 5.41) is 0. The minimum absolute atomic E-state index is 0.0667. The van der Waals surface area contributed by atoms with E-state index in [1.807, 2.05) is 30.3 Å². The van der Waals surface area contributed by atoms with Crippen LogP contribution in [0.15, 0.2) is 43.0 Å². The fourth-order valence-corrected chi connectivity index (χ4v) is 2.72. The van der Waals surface area contributed by atoms with Gasteiger partial charge in [0.25, 0.3) is 0 Å². The number of rotatable bonds is 3. The molecule has 104 valence electrons. The van der Waals surface area contributed by atoms with Crippen LogP contribution < -0.4 is 0 Å². The zero-order valence-corrected chi connectivity index (χ0v) is 11.1. The van der Waals surface area contributed by atoms with Crippen LogP contribution in [0.5, 0.6) is 0 Å². The van der Waals surface area contributed by atoms with E-state index < -0.39 is 12.3 Å². The van der Waals surface area contributed by atoms with E-state index in [-0.39, 0.29) is 25.0 Å². The van der Waals surface area contributed by atoms with Crippen LogP contribution in [0.4, 0.5) is 0 Å². The van der Waals surface area contributed by atoms with Gasteiger partial charge in [0.05, 0.1) is 6.61 Å². The second-order valence-corrected chi connectivity index (χ2v) is 4.92. The highest BCUT2D eigenvalue weighted by atomic mass is 16.5. The van der Waals surface area contributed by atoms with E-state index in [0.717, 1.165) is 5.56 Å². The molecule has 0 saturated carbocycles. The predicted octanol–water partition coefficient (Wildman–Crippen LogP) is 0.941. The van der Waals surface area contributed by atoms with Crippen LogP contribution in [-0.4, -0.2) is 47.4 Å². The molecule has 0 bridgehead atoms. The lowest BCUT2D eigenvalue weighted by molar-refractivity contribution is -0.156. The Morgan fingerprint density at radius 2 is 2.05 bits per heavy atom. The Labute approximate surface area is 117 Å². The lowest BCUT2D eigenvalue weighted by Crippen LogP contribution is -2.58. The SMILES string of the molecule is C=CCN1CC(=O)N2C(c3ccccc3)OC[C@H]2C1=O. The summed E-state index contributed by atoms with van der Waals surface area (Å²) in [4.78, 5) is 27.7. The van der Waals surface area contributed by atoms with E-state index in [0.29, 0.717) is 6.54 Å². The summed E-state index contributed by atoms with van der Waals surface area (Å²) in [5.74, 6) is -0.147. The summed E-state index contributed by atoms with van der Waals surface area (Å²) in [6.45, 7) is 4.35. The van der Waals surface area contributed by atoms with Crippen LogP contribution in [0.1, 0.15) is 11.8 Å². The van der Waals surface area contributed by atoms with Crippen molar-refractivity contribution in [2.24, 2.45) is 0 Å². The Hall–Kier alpha value is -2.14. The molecule has 1 aromatic rings. The molecule has 0 radical (unpaired) electrons. The standard InChI is InChI=1S/C15H16N2O3/c1-2-8-16-9-13(18)17-12(14(16)19)10-20-15(17)11-6-4-3-5-7-11/h2-7,12,15H,1,8-10H2/t12-,15?/m0/s1. The monoisotopic (exact) mass is 272 g/mol. The highest BCUT2D eigenvalue weighted by Crippen LogP contribution is 2.33. The molecule has 2 saturated heterocycles. The van der Waals surface area contributed by atoms with E-state index in [1.165, 1.54) is 4.90 Å². The van der Waals surface area contributed by atoms with Crippen LogP contribution >= 0.6 is 0 Å². The van der Waals surface area contributed by atoms with Gasteiger partial charge in [0.1, 0.15) is 12.6 Å². The largest absolute Gasteiger partial charge is 0.351 e. The molecule has 1 aromatic carbocycles. The van der Waals surface area contributed by atoms with Crippen molar-refractivity contribution in [2.45, 2.75) is 12.3 Å². The molecule has 2 aliphatic rings. The second-order valence-electron chi connectivity index (χ2n) is 4.92. The van der Waals surface area contributed by atoms with Gasteiger partial charge in [-0.3, -0.25) is 14.5 Å². The Balaban J connectivity index is 1.87. The normalized spacial score (nSPS) is 25.8. The molecule has 0 aliphatic carbocycles. The van der Waals surface area contributed by atoms with E-state index in [1.54, 1.807) is 11.0 Å². The number of carbonyl (C=O) groups is 2. The molecule has 20 heavy (non-hydrogen) atoms. The smallest absolute Gasteiger partial charge is 0.248 e. The first kappa shape index (κ1) is 12.9. The summed E-state index contributed by atoms with van der Waals surface area (Å²) < 4.78 is 5.69. The molecule has 2 atom stereocenters. The number of nitrogens with zero attached hydrogens (tertiary/aromatic N) is 2. The maximum Gasteiger partial charge on any atom is 0.248 e. The fourth-order valence-electron chi connectivity index (χ4n) is 2.72. The molecule has 2 fully saturated rings. The molecule has 0 N–H and O–H groups in total. The van der Waals surface area contributed by atoms with Crippen LogP contribution in [0.3, 0.4) is 0 Å². The van der Waals surface area contributed by atoms with Crippen LogP contribution in [0.2, 0.25) is 0 Å². The first-order chi connectivity index (χ1) is 9.72. The highest BCUT2D eigenvalue weighted by Gasteiger charge is 2.47. The molecule has 2 amide bonds. The number of piperazine rings is 1. The average molecular weight is 272 g/mol. The quantitative estimate of drug-likeness (QED) is 0.769. The molecule has 1 unspecified atom stereocenters. The first-order valence-corrected chi connectivity index (χ1v) is 6.60. The number of hydrogen-bond donors (Lipinski definition) is 0. The maximum absolute atomic E-state index is 12.3. The van der Waals surface area contributed by atoms with Crippen LogP contribution in [0, 0.1) is 0 Å². The van der Waals surface area contributed by atoms with Crippen molar-refractivity contribution in [1.82, 2.24) is 9.80 Å². The zero-order valence-electron chi connectivity index (χ0n) is 11.1. The number of hydrogen-bond acceptors (Lipinski definition) is 3. The van der Waals surface area contributed by atoms with Crippen molar-refractivity contribution < 1.29 is 14.3 Å². The highest BCUT2D eigenvalue weighted by molar-refractivity contribution is 5.95.